The molecule has 22 heteroatoms. The van der Waals surface area contributed by atoms with E-state index < -0.39 is 116 Å². The average Bonchev–Trinajstić information content (AvgIpc) is 3.63. The van der Waals surface area contributed by atoms with E-state index in [9.17, 15) is 58.2 Å². The number of carbonyl (C=O) groups is 10. The number of amides is 10. The van der Waals surface area contributed by atoms with Gasteiger partial charge in [-0.3, -0.25) is 38.6 Å². The molecular formula is C41H48N8O12S2. The Labute approximate surface area is 369 Å². The fourth-order valence-electron chi connectivity index (χ4n) is 8.69. The molecule has 336 valence electrons. The lowest BCUT2D eigenvalue weighted by Gasteiger charge is -2.48. The number of rotatable bonds is 16. The molecule has 8 atom stereocenters. The van der Waals surface area contributed by atoms with Gasteiger partial charge >= 0.3 is 24.0 Å². The quantitative estimate of drug-likeness (QED) is 0.103. The van der Waals surface area contributed by atoms with Crippen molar-refractivity contribution in [1.29, 1.82) is 0 Å². The maximum Gasteiger partial charge on any atom is 0.327 e. The number of carbonyl (C=O) groups excluding carboxylic acids is 8. The van der Waals surface area contributed by atoms with Crippen LogP contribution in [0.2, 0.25) is 0 Å². The molecule has 6 rings (SSSR count). The molecule has 2 unspecified atom stereocenters. The number of imide groups is 2. The van der Waals surface area contributed by atoms with Gasteiger partial charge in [-0.1, -0.05) is 67.1 Å². The van der Waals surface area contributed by atoms with Crippen molar-refractivity contribution in [1.82, 2.24) is 30.2 Å². The molecule has 4 saturated heterocycles. The smallest absolute Gasteiger partial charge is 0.327 e. The molecule has 0 saturated carbocycles. The molecule has 8 N–H and O–H groups in total. The van der Waals surface area contributed by atoms with Gasteiger partial charge in [-0.25, -0.2) is 19.2 Å². The third-order valence-corrected chi connectivity index (χ3v) is 14.6. The predicted molar refractivity (Wildman–Crippen MR) is 226 cm³/mol. The first-order valence-corrected chi connectivity index (χ1v) is 21.8. The third-order valence-electron chi connectivity index (χ3n) is 11.5. The predicted octanol–water partition coefficient (Wildman–Crippen LogP) is 1.50. The lowest BCUT2D eigenvalue weighted by molar-refractivity contribution is -0.172. The summed E-state index contributed by atoms with van der Waals surface area (Å²) in [6, 6.07) is 5.32. The molecule has 2 aromatic rings. The highest BCUT2D eigenvalue weighted by atomic mass is 32.2. The molecule has 0 radical (unpaired) electrons. The molecule has 4 heterocycles. The van der Waals surface area contributed by atoms with E-state index in [1.54, 1.807) is 64.1 Å². The van der Waals surface area contributed by atoms with Crippen molar-refractivity contribution in [2.45, 2.75) is 116 Å². The molecule has 0 spiro atoms. The van der Waals surface area contributed by atoms with Gasteiger partial charge in [0.1, 0.15) is 47.0 Å². The number of benzene rings is 2. The summed E-state index contributed by atoms with van der Waals surface area (Å²) >= 11 is 2.24. The Kier molecular flexibility index (Phi) is 13.2. The number of thioether (sulfide) groups is 2. The maximum absolute atomic E-state index is 14.4. The second kappa shape index (κ2) is 17.9. The number of hydrogen-bond acceptors (Lipinski definition) is 12. The first-order chi connectivity index (χ1) is 29.6. The second-order valence-electron chi connectivity index (χ2n) is 16.6. The summed E-state index contributed by atoms with van der Waals surface area (Å²) in [6.07, 6.45) is -0.431. The van der Waals surface area contributed by atoms with Crippen LogP contribution in [0.4, 0.5) is 9.59 Å². The Morgan fingerprint density at radius 1 is 0.619 bits per heavy atom. The van der Waals surface area contributed by atoms with Gasteiger partial charge in [-0.05, 0) is 51.7 Å². The first kappa shape index (κ1) is 46.3. The van der Waals surface area contributed by atoms with E-state index in [4.69, 9.17) is 11.5 Å². The Hall–Kier alpha value is -6.16. The Morgan fingerprint density at radius 2 is 0.952 bits per heavy atom. The third kappa shape index (κ3) is 8.77. The van der Waals surface area contributed by atoms with Crippen LogP contribution < -0.4 is 22.1 Å². The van der Waals surface area contributed by atoms with Crippen LogP contribution in [-0.4, -0.2) is 134 Å². The number of nitrogens with two attached hydrogens (primary N) is 2. The minimum absolute atomic E-state index is 0.0493. The van der Waals surface area contributed by atoms with Gasteiger partial charge in [0.15, 0.2) is 0 Å². The fourth-order valence-corrected chi connectivity index (χ4v) is 12.0. The van der Waals surface area contributed by atoms with Crippen molar-refractivity contribution in [2.75, 3.05) is 0 Å². The van der Waals surface area contributed by atoms with E-state index >= 15 is 0 Å². The van der Waals surface area contributed by atoms with Crippen LogP contribution in [0.1, 0.15) is 83.0 Å². The second-order valence-corrected chi connectivity index (χ2v) is 20.1. The molecule has 63 heavy (non-hydrogen) atoms. The monoisotopic (exact) mass is 908 g/mol. The highest BCUT2D eigenvalue weighted by molar-refractivity contribution is 8.02. The van der Waals surface area contributed by atoms with Gasteiger partial charge in [0.2, 0.25) is 11.8 Å². The Bertz CT molecular complexity index is 2080. The summed E-state index contributed by atoms with van der Waals surface area (Å²) in [6.45, 7) is 6.55. The van der Waals surface area contributed by atoms with E-state index in [2.05, 4.69) is 10.6 Å². The van der Waals surface area contributed by atoms with Crippen LogP contribution in [0.5, 0.6) is 0 Å². The van der Waals surface area contributed by atoms with Gasteiger partial charge in [0, 0.05) is 22.3 Å². The normalized spacial score (nSPS) is 24.6. The highest BCUT2D eigenvalue weighted by Crippen LogP contribution is 2.54. The zero-order valence-electron chi connectivity index (χ0n) is 34.7. The fraction of sp³-hybridized carbons (Fsp3) is 0.463. The van der Waals surface area contributed by atoms with Crippen LogP contribution in [0.3, 0.4) is 0 Å². The number of hydrogen-bond donors (Lipinski definition) is 6. The number of carboxylic acids is 2. The van der Waals surface area contributed by atoms with Gasteiger partial charge in [0.05, 0.1) is 0 Å². The summed E-state index contributed by atoms with van der Waals surface area (Å²) in [5.41, 5.74) is 11.4. The molecule has 0 aromatic heterocycles. The minimum atomic E-state index is -1.49. The number of primary amides is 2. The van der Waals surface area contributed by atoms with Crippen molar-refractivity contribution in [2.24, 2.45) is 11.5 Å². The van der Waals surface area contributed by atoms with E-state index in [-0.39, 0.29) is 43.2 Å². The lowest BCUT2D eigenvalue weighted by atomic mass is 9.93. The van der Waals surface area contributed by atoms with Crippen LogP contribution >= 0.6 is 23.5 Å². The van der Waals surface area contributed by atoms with Crippen molar-refractivity contribution >= 4 is 83.0 Å². The van der Waals surface area contributed by atoms with Gasteiger partial charge < -0.3 is 42.1 Å². The molecule has 4 aliphatic rings. The summed E-state index contributed by atoms with van der Waals surface area (Å²) in [5.74, 6) is -7.63. The van der Waals surface area contributed by atoms with E-state index in [0.29, 0.717) is 0 Å². The van der Waals surface area contributed by atoms with Crippen LogP contribution in [0.15, 0.2) is 60.7 Å². The Balaban J connectivity index is 1.21. The highest BCUT2D eigenvalue weighted by Gasteiger charge is 2.68. The lowest BCUT2D eigenvalue weighted by Crippen LogP contribution is -2.72. The maximum atomic E-state index is 14.4. The number of urea groups is 2. The summed E-state index contributed by atoms with van der Waals surface area (Å²) in [4.78, 5) is 137. The Morgan fingerprint density at radius 3 is 1.25 bits per heavy atom. The van der Waals surface area contributed by atoms with Gasteiger partial charge in [0.25, 0.3) is 23.6 Å². The number of carboxylic acid groups (broad SMARTS) is 2. The largest absolute Gasteiger partial charge is 0.480 e. The molecule has 20 nitrogen and oxygen atoms in total. The van der Waals surface area contributed by atoms with E-state index in [1.807, 2.05) is 0 Å². The number of fused-ring (bicyclic) bond motifs is 2. The molecule has 4 aliphatic heterocycles. The summed E-state index contributed by atoms with van der Waals surface area (Å²) < 4.78 is -1.98. The molecular weight excluding hydrogens is 861 g/mol. The van der Waals surface area contributed by atoms with Gasteiger partial charge in [-0.15, -0.1) is 23.5 Å². The van der Waals surface area contributed by atoms with Crippen LogP contribution in [0.25, 0.3) is 0 Å². The molecule has 2 aromatic carbocycles. The summed E-state index contributed by atoms with van der Waals surface area (Å²) in [5, 5.41) is 22.8. The minimum Gasteiger partial charge on any atom is -0.480 e. The SMILES string of the molecule is CC1(C)S[C@@H]2[C@H](N(C(=O)CCCCCC(=O)N(C(=O)C(NC(N)=O)c3ccccc3)[C@@H]3C(=O)N4[C@@H]3SC(C)(C)[C@@H]4C(=O)O)C(=O)C(NC(N)=O)c3ccccc3)C(=O)N2[C@H]1C(=O)O. The molecule has 4 fully saturated rings. The van der Waals surface area contributed by atoms with Crippen LogP contribution in [0, 0.1) is 0 Å². The number of unbranched alkanes of at least 4 members (excludes halogenated alkanes) is 2. The van der Waals surface area contributed by atoms with Crippen LogP contribution in [-0.2, 0) is 38.4 Å². The van der Waals surface area contributed by atoms with Crippen molar-refractivity contribution in [3.8, 4) is 0 Å². The topological polar surface area (TPSA) is 300 Å². The zero-order chi connectivity index (χ0) is 46.3. The average molecular weight is 909 g/mol. The van der Waals surface area contributed by atoms with Crippen molar-refractivity contribution in [3.63, 3.8) is 0 Å². The molecule has 0 bridgehead atoms. The molecule has 0 aliphatic carbocycles. The zero-order valence-corrected chi connectivity index (χ0v) is 36.3. The number of aliphatic carboxylic acids is 2. The molecule has 10 amide bonds. The van der Waals surface area contributed by atoms with E-state index in [0.717, 1.165) is 43.1 Å². The standard InChI is InChI=1S/C41H48N8O12S2/c1-40(2)28(36(56)57)48-32(54)26(34(48)62-40)46(30(52)24(44-38(42)60)20-14-8-5-9-15-20)22(50)18-12-7-13-19-23(51)47(31(53)25(45-39(43)61)21-16-10-6-11-17-21)27-33(55)49-29(37(58)59)41(3,4)63-35(27)49/h5-6,8-11,14-17,24-29,34-35H,7,12-13,18-19H2,1-4H3,(H,56,57)(H,58,59)(H3,42,44,60)(H3,43,45,61)/t24?,25?,26-,27-,28+,29+,34-,35-/m1/s1. The number of nitrogens with one attached hydrogen (secondary N) is 2. The summed E-state index contributed by atoms with van der Waals surface area (Å²) in [7, 11) is 0. The van der Waals surface area contributed by atoms with Crippen molar-refractivity contribution < 1.29 is 58.2 Å². The number of nitrogens with zero attached hydrogens (tertiary/aromatic N) is 4. The van der Waals surface area contributed by atoms with E-state index in [1.165, 1.54) is 24.3 Å². The van der Waals surface area contributed by atoms with Gasteiger partial charge in [-0.2, -0.15) is 0 Å². The van der Waals surface area contributed by atoms with Crippen molar-refractivity contribution in [3.05, 3.63) is 71.8 Å². The first-order valence-electron chi connectivity index (χ1n) is 20.0. The number of β-lactam (4-membered cyclic amide) rings is 2.